The summed E-state index contributed by atoms with van der Waals surface area (Å²) in [6.07, 6.45) is 1.27. The first-order valence-corrected chi connectivity index (χ1v) is 4.23. The lowest BCUT2D eigenvalue weighted by molar-refractivity contribution is -0.127. The number of carbonyl (C=O) groups is 2. The van der Waals surface area contributed by atoms with Gasteiger partial charge in [-0.3, -0.25) is 14.7 Å². The van der Waals surface area contributed by atoms with Crippen LogP contribution in [-0.4, -0.2) is 26.9 Å². The van der Waals surface area contributed by atoms with Crippen LogP contribution in [0.25, 0.3) is 0 Å². The molecule has 1 rings (SSSR count). The molecule has 6 heteroatoms. The Bertz CT molecular complexity index is 320. The van der Waals surface area contributed by atoms with Gasteiger partial charge in [0.15, 0.2) is 0 Å². The summed E-state index contributed by atoms with van der Waals surface area (Å²) in [5, 5.41) is 8.91. The van der Waals surface area contributed by atoms with Gasteiger partial charge in [-0.05, 0) is 13.8 Å². The molecular weight excluding hydrogens is 184 g/mol. The molecule has 0 aromatic carbocycles. The largest absolute Gasteiger partial charge is 0.346 e. The summed E-state index contributed by atoms with van der Waals surface area (Å²) < 4.78 is 0. The molecule has 76 valence electrons. The number of Topliss-reactive ketones (excluding diaryl/α,β-unsaturated/α-hetero) is 1. The topological polar surface area (TPSA) is 87.7 Å². The highest BCUT2D eigenvalue weighted by Gasteiger charge is 2.12. The van der Waals surface area contributed by atoms with Crippen LogP contribution in [0.3, 0.4) is 0 Å². The van der Waals surface area contributed by atoms with Crippen LogP contribution < -0.4 is 5.32 Å². The predicted octanol–water partition coefficient (Wildman–Crippen LogP) is -0.0390. The van der Waals surface area contributed by atoms with Crippen molar-refractivity contribution in [1.29, 1.82) is 0 Å². The average molecular weight is 196 g/mol. The standard InChI is InChI=1S/C8H12N4O2/c1-5(13)3-7(14)11-6(2)8-9-4-10-12-8/h4,6H,3H2,1-2H3,(H,11,14)(H,9,10,12). The van der Waals surface area contributed by atoms with E-state index >= 15 is 0 Å². The molecule has 0 spiro atoms. The van der Waals surface area contributed by atoms with Crippen molar-refractivity contribution in [3.05, 3.63) is 12.2 Å². The van der Waals surface area contributed by atoms with Crippen molar-refractivity contribution in [2.45, 2.75) is 26.3 Å². The molecular formula is C8H12N4O2. The lowest BCUT2D eigenvalue weighted by atomic mass is 10.2. The number of H-pyrrole nitrogens is 1. The smallest absolute Gasteiger partial charge is 0.228 e. The van der Waals surface area contributed by atoms with E-state index in [2.05, 4.69) is 20.5 Å². The summed E-state index contributed by atoms with van der Waals surface area (Å²) in [5.41, 5.74) is 0. The Morgan fingerprint density at radius 1 is 1.64 bits per heavy atom. The van der Waals surface area contributed by atoms with E-state index < -0.39 is 0 Å². The molecule has 1 amide bonds. The zero-order valence-corrected chi connectivity index (χ0v) is 8.07. The maximum absolute atomic E-state index is 11.2. The summed E-state index contributed by atoms with van der Waals surface area (Å²) in [4.78, 5) is 25.7. The van der Waals surface area contributed by atoms with Gasteiger partial charge in [-0.15, -0.1) is 0 Å². The first-order chi connectivity index (χ1) is 6.59. The second-order valence-electron chi connectivity index (χ2n) is 3.04. The number of hydrogen-bond acceptors (Lipinski definition) is 4. The minimum atomic E-state index is -0.304. The third kappa shape index (κ3) is 2.96. The van der Waals surface area contributed by atoms with E-state index in [-0.39, 0.29) is 24.2 Å². The van der Waals surface area contributed by atoms with Gasteiger partial charge in [0.25, 0.3) is 0 Å². The van der Waals surface area contributed by atoms with Crippen LogP contribution >= 0.6 is 0 Å². The molecule has 1 atom stereocenters. The van der Waals surface area contributed by atoms with Crippen LogP contribution in [0.2, 0.25) is 0 Å². The number of aromatic amines is 1. The van der Waals surface area contributed by atoms with E-state index in [1.54, 1.807) is 6.92 Å². The highest BCUT2D eigenvalue weighted by atomic mass is 16.2. The van der Waals surface area contributed by atoms with E-state index in [0.717, 1.165) is 0 Å². The van der Waals surface area contributed by atoms with Gasteiger partial charge in [0.1, 0.15) is 17.9 Å². The summed E-state index contributed by atoms with van der Waals surface area (Å²) >= 11 is 0. The Balaban J connectivity index is 2.45. The van der Waals surface area contributed by atoms with Crippen molar-refractivity contribution < 1.29 is 9.59 Å². The first kappa shape index (κ1) is 10.4. The number of aromatic nitrogens is 3. The molecule has 14 heavy (non-hydrogen) atoms. The number of nitrogens with zero attached hydrogens (tertiary/aromatic N) is 2. The molecule has 1 heterocycles. The van der Waals surface area contributed by atoms with Crippen molar-refractivity contribution >= 4 is 11.7 Å². The van der Waals surface area contributed by atoms with Gasteiger partial charge in [0.05, 0.1) is 12.5 Å². The van der Waals surface area contributed by atoms with Crippen LogP contribution in [0.5, 0.6) is 0 Å². The van der Waals surface area contributed by atoms with E-state index in [4.69, 9.17) is 0 Å². The first-order valence-electron chi connectivity index (χ1n) is 4.23. The van der Waals surface area contributed by atoms with Crippen LogP contribution in [0.4, 0.5) is 0 Å². The molecule has 0 aliphatic carbocycles. The Morgan fingerprint density at radius 3 is 2.86 bits per heavy atom. The fourth-order valence-electron chi connectivity index (χ4n) is 1.01. The third-order valence-electron chi connectivity index (χ3n) is 1.63. The normalized spacial score (nSPS) is 12.1. The predicted molar refractivity (Wildman–Crippen MR) is 48.2 cm³/mol. The van der Waals surface area contributed by atoms with Gasteiger partial charge in [-0.1, -0.05) is 0 Å². The SMILES string of the molecule is CC(=O)CC(=O)NC(C)c1ncn[nH]1. The van der Waals surface area contributed by atoms with Gasteiger partial charge in [-0.2, -0.15) is 5.10 Å². The Labute approximate surface area is 81.1 Å². The molecule has 0 fully saturated rings. The van der Waals surface area contributed by atoms with Crippen LogP contribution in [0.15, 0.2) is 6.33 Å². The number of nitrogens with one attached hydrogen (secondary N) is 2. The molecule has 0 saturated carbocycles. The van der Waals surface area contributed by atoms with Gasteiger partial charge >= 0.3 is 0 Å². The van der Waals surface area contributed by atoms with E-state index in [0.29, 0.717) is 5.82 Å². The Morgan fingerprint density at radius 2 is 2.36 bits per heavy atom. The fourth-order valence-corrected chi connectivity index (χ4v) is 1.01. The summed E-state index contributed by atoms with van der Waals surface area (Å²) in [5.74, 6) is 0.107. The summed E-state index contributed by atoms with van der Waals surface area (Å²) in [6, 6.07) is -0.260. The van der Waals surface area contributed by atoms with Crippen molar-refractivity contribution in [3.8, 4) is 0 Å². The molecule has 0 aliphatic rings. The summed E-state index contributed by atoms with van der Waals surface area (Å²) in [6.45, 7) is 3.14. The lowest BCUT2D eigenvalue weighted by Gasteiger charge is -2.09. The van der Waals surface area contributed by atoms with Gasteiger partial charge in [0.2, 0.25) is 5.91 Å². The van der Waals surface area contributed by atoms with Crippen molar-refractivity contribution in [2.24, 2.45) is 0 Å². The highest BCUT2D eigenvalue weighted by molar-refractivity contribution is 5.96. The van der Waals surface area contributed by atoms with Crippen LogP contribution in [0.1, 0.15) is 32.1 Å². The molecule has 1 unspecified atom stereocenters. The number of amides is 1. The number of rotatable bonds is 4. The third-order valence-corrected chi connectivity index (χ3v) is 1.63. The molecule has 0 saturated heterocycles. The minimum Gasteiger partial charge on any atom is -0.346 e. The van der Waals surface area contributed by atoms with Crippen molar-refractivity contribution in [1.82, 2.24) is 20.5 Å². The number of hydrogen-bond donors (Lipinski definition) is 2. The minimum absolute atomic E-state index is 0.0987. The van der Waals surface area contributed by atoms with Crippen LogP contribution in [-0.2, 0) is 9.59 Å². The number of carbonyl (C=O) groups excluding carboxylic acids is 2. The zero-order chi connectivity index (χ0) is 10.6. The molecule has 0 radical (unpaired) electrons. The highest BCUT2D eigenvalue weighted by Crippen LogP contribution is 2.03. The monoisotopic (exact) mass is 196 g/mol. The molecule has 1 aromatic rings. The second kappa shape index (κ2) is 4.50. The lowest BCUT2D eigenvalue weighted by Crippen LogP contribution is -2.28. The zero-order valence-electron chi connectivity index (χ0n) is 8.07. The van der Waals surface area contributed by atoms with E-state index in [1.807, 2.05) is 0 Å². The fraction of sp³-hybridized carbons (Fsp3) is 0.500. The maximum atomic E-state index is 11.2. The quantitative estimate of drug-likeness (QED) is 0.661. The average Bonchev–Trinajstić information content (AvgIpc) is 2.53. The Kier molecular flexibility index (Phi) is 3.33. The molecule has 6 nitrogen and oxygen atoms in total. The number of ketones is 1. The van der Waals surface area contributed by atoms with E-state index in [9.17, 15) is 9.59 Å². The van der Waals surface area contributed by atoms with E-state index in [1.165, 1.54) is 13.3 Å². The maximum Gasteiger partial charge on any atom is 0.228 e. The van der Waals surface area contributed by atoms with Gasteiger partial charge in [-0.25, -0.2) is 4.98 Å². The molecule has 1 aromatic heterocycles. The molecule has 0 bridgehead atoms. The van der Waals surface area contributed by atoms with Crippen molar-refractivity contribution in [2.75, 3.05) is 0 Å². The molecule has 0 aliphatic heterocycles. The van der Waals surface area contributed by atoms with Gasteiger partial charge in [0, 0.05) is 0 Å². The Hall–Kier alpha value is -1.72. The van der Waals surface area contributed by atoms with Crippen LogP contribution in [0, 0.1) is 0 Å². The van der Waals surface area contributed by atoms with Gasteiger partial charge < -0.3 is 5.32 Å². The van der Waals surface area contributed by atoms with Crippen molar-refractivity contribution in [3.63, 3.8) is 0 Å². The molecule has 2 N–H and O–H groups in total. The summed E-state index contributed by atoms with van der Waals surface area (Å²) in [7, 11) is 0. The second-order valence-corrected chi connectivity index (χ2v) is 3.04.